The number of rotatable bonds is 4. The third kappa shape index (κ3) is 3.65. The minimum atomic E-state index is -2.36. The average molecular weight is 410 g/mol. The first-order valence-electron chi connectivity index (χ1n) is 9.69. The van der Waals surface area contributed by atoms with E-state index in [0.29, 0.717) is 11.6 Å². The quantitative estimate of drug-likeness (QED) is 0.424. The summed E-state index contributed by atoms with van der Waals surface area (Å²) in [5.74, 6) is 0.969. The smallest absolute Gasteiger partial charge is 0.147 e. The molecule has 0 spiro atoms. The molecule has 29 heavy (non-hydrogen) atoms. The molecule has 0 amide bonds. The predicted molar refractivity (Wildman–Crippen MR) is 120 cm³/mol. The Hall–Kier alpha value is -2.73. The maximum Gasteiger partial charge on any atom is 0.147 e. The van der Waals surface area contributed by atoms with E-state index in [4.69, 9.17) is 0 Å². The Kier molecular flexibility index (Phi) is 4.90. The normalized spacial score (nSPS) is 13.9. The van der Waals surface area contributed by atoms with Gasteiger partial charge in [-0.25, -0.2) is 8.60 Å². The lowest BCUT2D eigenvalue weighted by molar-refractivity contribution is 0.628. The second-order valence-corrected chi connectivity index (χ2v) is 10.3. The lowest BCUT2D eigenvalue weighted by Gasteiger charge is -2.19. The first-order valence-corrected chi connectivity index (χ1v) is 11.8. The van der Waals surface area contributed by atoms with Crippen LogP contribution in [-0.2, 0) is 9.73 Å². The zero-order valence-electron chi connectivity index (χ0n) is 17.0. The molecular formula is C23H24FN3OS. The predicted octanol–water partition coefficient (Wildman–Crippen LogP) is 6.39. The van der Waals surface area contributed by atoms with Crippen LogP contribution in [0.15, 0.2) is 53.0 Å². The second-order valence-electron chi connectivity index (χ2n) is 7.66. The van der Waals surface area contributed by atoms with Gasteiger partial charge in [-0.3, -0.25) is 4.98 Å². The van der Waals surface area contributed by atoms with Crippen LogP contribution in [-0.4, -0.2) is 26.2 Å². The standard InChI is InChI=1S/C23H24FN3OS/c1-5-29(4,28)27-23-19-13-20-16(10-11-25-20)12-18(19)21(22(26-23)14(2)3)15-6-8-17(24)9-7-15/h6-14,26H,5H2,1-4H3. The molecule has 0 saturated heterocycles. The van der Waals surface area contributed by atoms with Crippen LogP contribution in [0.25, 0.3) is 32.8 Å². The zero-order valence-corrected chi connectivity index (χ0v) is 17.8. The Bertz CT molecular complexity index is 1330. The van der Waals surface area contributed by atoms with Crippen molar-refractivity contribution in [3.63, 3.8) is 0 Å². The summed E-state index contributed by atoms with van der Waals surface area (Å²) in [4.78, 5) is 7.87. The summed E-state index contributed by atoms with van der Waals surface area (Å²) >= 11 is 0. The fourth-order valence-electron chi connectivity index (χ4n) is 3.54. The van der Waals surface area contributed by atoms with Crippen molar-refractivity contribution in [1.29, 1.82) is 0 Å². The Morgan fingerprint density at radius 1 is 1.14 bits per heavy atom. The van der Waals surface area contributed by atoms with Gasteiger partial charge in [0.15, 0.2) is 0 Å². The number of hydrogen-bond acceptors (Lipinski definition) is 3. The first-order chi connectivity index (χ1) is 13.8. The molecule has 2 heterocycles. The highest BCUT2D eigenvalue weighted by Crippen LogP contribution is 2.40. The maximum atomic E-state index is 13.6. The summed E-state index contributed by atoms with van der Waals surface area (Å²) < 4.78 is 31.0. The summed E-state index contributed by atoms with van der Waals surface area (Å²) in [5.41, 5.74) is 3.78. The molecule has 1 atom stereocenters. The molecule has 6 heteroatoms. The molecule has 4 nitrogen and oxygen atoms in total. The van der Waals surface area contributed by atoms with Crippen molar-refractivity contribution < 1.29 is 8.60 Å². The van der Waals surface area contributed by atoms with Gasteiger partial charge >= 0.3 is 0 Å². The number of halogens is 1. The van der Waals surface area contributed by atoms with Crippen molar-refractivity contribution in [3.05, 3.63) is 60.2 Å². The van der Waals surface area contributed by atoms with Crippen LogP contribution < -0.4 is 0 Å². The summed E-state index contributed by atoms with van der Waals surface area (Å²) in [6.45, 7) is 6.07. The molecule has 2 aromatic heterocycles. The number of aromatic nitrogens is 2. The zero-order chi connectivity index (χ0) is 20.8. The summed E-state index contributed by atoms with van der Waals surface area (Å²) in [6.07, 6.45) is 3.45. The Balaban J connectivity index is 2.19. The van der Waals surface area contributed by atoms with E-state index < -0.39 is 9.73 Å². The summed E-state index contributed by atoms with van der Waals surface area (Å²) in [5, 5.41) is 2.88. The molecule has 0 aliphatic carbocycles. The van der Waals surface area contributed by atoms with Gasteiger partial charge in [-0.15, -0.1) is 0 Å². The lowest BCUT2D eigenvalue weighted by Crippen LogP contribution is -2.02. The second kappa shape index (κ2) is 7.26. The Labute approximate surface area is 170 Å². The van der Waals surface area contributed by atoms with Gasteiger partial charge in [0, 0.05) is 40.2 Å². The summed E-state index contributed by atoms with van der Waals surface area (Å²) in [6, 6.07) is 12.6. The van der Waals surface area contributed by atoms with Crippen LogP contribution in [0.1, 0.15) is 32.4 Å². The third-order valence-corrected chi connectivity index (χ3v) is 6.85. The number of pyridine rings is 1. The maximum absolute atomic E-state index is 13.6. The molecule has 0 aliphatic rings. The van der Waals surface area contributed by atoms with E-state index >= 15 is 0 Å². The fraction of sp³-hybridized carbons (Fsp3) is 0.261. The van der Waals surface area contributed by atoms with Gasteiger partial charge in [-0.05, 0) is 47.2 Å². The van der Waals surface area contributed by atoms with Gasteiger partial charge < -0.3 is 4.98 Å². The molecule has 0 aliphatic heterocycles. The molecule has 2 aromatic carbocycles. The minimum Gasteiger partial charge on any atom is -0.342 e. The van der Waals surface area contributed by atoms with Gasteiger partial charge in [0.1, 0.15) is 11.6 Å². The molecule has 0 fully saturated rings. The molecule has 4 aromatic rings. The highest BCUT2D eigenvalue weighted by molar-refractivity contribution is 7.93. The van der Waals surface area contributed by atoms with Crippen molar-refractivity contribution in [1.82, 2.24) is 9.97 Å². The largest absolute Gasteiger partial charge is 0.342 e. The molecule has 0 radical (unpaired) electrons. The highest BCUT2D eigenvalue weighted by atomic mass is 32.2. The number of benzene rings is 2. The highest BCUT2D eigenvalue weighted by Gasteiger charge is 2.18. The van der Waals surface area contributed by atoms with Gasteiger partial charge in [-0.2, -0.15) is 4.36 Å². The number of nitrogens with one attached hydrogen (secondary N) is 1. The number of H-pyrrole nitrogens is 1. The van der Waals surface area contributed by atoms with E-state index in [2.05, 4.69) is 34.2 Å². The van der Waals surface area contributed by atoms with Crippen LogP contribution in [0.2, 0.25) is 0 Å². The Morgan fingerprint density at radius 3 is 2.52 bits per heavy atom. The van der Waals surface area contributed by atoms with Gasteiger partial charge in [0.2, 0.25) is 0 Å². The molecule has 1 N–H and O–H groups in total. The van der Waals surface area contributed by atoms with Gasteiger partial charge in [0.05, 0.1) is 15.2 Å². The minimum absolute atomic E-state index is 0.163. The lowest BCUT2D eigenvalue weighted by atomic mass is 9.92. The van der Waals surface area contributed by atoms with E-state index in [0.717, 1.165) is 38.5 Å². The molecule has 4 rings (SSSR count). The van der Waals surface area contributed by atoms with Crippen LogP contribution >= 0.6 is 0 Å². The van der Waals surface area contributed by atoms with Crippen molar-refractivity contribution in [3.8, 4) is 11.1 Å². The van der Waals surface area contributed by atoms with E-state index in [1.165, 1.54) is 12.1 Å². The van der Waals surface area contributed by atoms with E-state index in [9.17, 15) is 8.60 Å². The van der Waals surface area contributed by atoms with Crippen LogP contribution in [0.3, 0.4) is 0 Å². The number of nitrogens with zero attached hydrogens (tertiary/aromatic N) is 2. The van der Waals surface area contributed by atoms with Gasteiger partial charge in [-0.1, -0.05) is 32.9 Å². The van der Waals surface area contributed by atoms with E-state index in [-0.39, 0.29) is 11.7 Å². The number of aromatic amines is 1. The fourth-order valence-corrected chi connectivity index (χ4v) is 4.20. The van der Waals surface area contributed by atoms with E-state index in [1.807, 2.05) is 19.1 Å². The SMILES string of the molecule is CCS(C)(=O)=Nc1[nH]c(C(C)C)c(-c2ccc(F)cc2)c2cc3ccnc3cc12. The van der Waals surface area contributed by atoms with Crippen LogP contribution in [0.4, 0.5) is 10.2 Å². The summed E-state index contributed by atoms with van der Waals surface area (Å²) in [7, 11) is -2.36. The third-order valence-electron chi connectivity index (χ3n) is 5.21. The number of hydrogen-bond donors (Lipinski definition) is 1. The molecule has 150 valence electrons. The average Bonchev–Trinajstić information content (AvgIpc) is 3.14. The molecule has 0 saturated carbocycles. The van der Waals surface area contributed by atoms with E-state index in [1.54, 1.807) is 24.6 Å². The van der Waals surface area contributed by atoms with Crippen molar-refractivity contribution in [2.45, 2.75) is 26.7 Å². The van der Waals surface area contributed by atoms with Crippen LogP contribution in [0, 0.1) is 5.82 Å². The first kappa shape index (κ1) is 19.6. The molecular weight excluding hydrogens is 385 g/mol. The monoisotopic (exact) mass is 409 g/mol. The molecule has 1 unspecified atom stereocenters. The van der Waals surface area contributed by atoms with Crippen molar-refractivity contribution in [2.75, 3.05) is 12.0 Å². The van der Waals surface area contributed by atoms with Crippen LogP contribution in [0.5, 0.6) is 0 Å². The van der Waals surface area contributed by atoms with Gasteiger partial charge in [0.25, 0.3) is 0 Å². The Morgan fingerprint density at radius 2 is 1.86 bits per heavy atom. The van der Waals surface area contributed by atoms with Crippen molar-refractivity contribution >= 4 is 37.2 Å². The molecule has 0 bridgehead atoms. The topological polar surface area (TPSA) is 58.1 Å². The van der Waals surface area contributed by atoms with Crippen molar-refractivity contribution in [2.24, 2.45) is 4.36 Å². The number of fused-ring (bicyclic) bond motifs is 2.